The molecule has 1 aromatic carbocycles. The highest BCUT2D eigenvalue weighted by Crippen LogP contribution is 2.26. The van der Waals surface area contributed by atoms with Gasteiger partial charge in [0, 0.05) is 48.8 Å². The van der Waals surface area contributed by atoms with Crippen LogP contribution in [0.4, 0.5) is 0 Å². The number of amides is 1. The Kier molecular flexibility index (Phi) is 6.35. The number of hydrogen-bond acceptors (Lipinski definition) is 6. The van der Waals surface area contributed by atoms with E-state index in [4.69, 9.17) is 5.21 Å². The number of carbonyl (C=O) groups excluding carboxylic acids is 1. The molecule has 31 heavy (non-hydrogen) atoms. The number of benzene rings is 1. The maximum atomic E-state index is 12.6. The first-order chi connectivity index (χ1) is 14.6. The summed E-state index contributed by atoms with van der Waals surface area (Å²) in [6.07, 6.45) is 4.65. The van der Waals surface area contributed by atoms with Gasteiger partial charge in [-0.3, -0.25) is 14.8 Å². The first-order valence-electron chi connectivity index (χ1n) is 9.66. The topological polar surface area (TPSA) is 141 Å². The molecule has 4 N–H and O–H groups in total. The lowest BCUT2D eigenvalue weighted by Gasteiger charge is -2.25. The smallest absolute Gasteiger partial charge is 0.264 e. The van der Waals surface area contributed by atoms with Crippen LogP contribution in [0.25, 0.3) is 22.0 Å². The van der Waals surface area contributed by atoms with Gasteiger partial charge in [-0.15, -0.1) is 0 Å². The summed E-state index contributed by atoms with van der Waals surface area (Å²) in [5, 5.41) is 19.1. The van der Waals surface area contributed by atoms with Crippen LogP contribution in [-0.4, -0.2) is 51.8 Å². The number of aliphatic hydroxyl groups excluding tert-OH is 1. The van der Waals surface area contributed by atoms with E-state index in [1.165, 1.54) is 23.0 Å². The molecule has 1 amide bonds. The molecular formula is C21H25N3O6S. The number of nitrogens with one attached hydrogen (secondary N) is 2. The third-order valence-corrected chi connectivity index (χ3v) is 7.73. The molecule has 0 radical (unpaired) electrons. The van der Waals surface area contributed by atoms with Crippen LogP contribution in [0.1, 0.15) is 18.9 Å². The number of carbonyl (C=O) groups is 1. The molecule has 166 valence electrons. The van der Waals surface area contributed by atoms with Gasteiger partial charge in [-0.25, -0.2) is 13.9 Å². The van der Waals surface area contributed by atoms with Crippen molar-refractivity contribution in [2.24, 2.45) is 0 Å². The minimum atomic E-state index is -3.84. The van der Waals surface area contributed by atoms with Crippen molar-refractivity contribution in [3.63, 3.8) is 0 Å². The van der Waals surface area contributed by atoms with Crippen LogP contribution in [0.15, 0.2) is 47.5 Å². The number of aromatic amines is 1. The van der Waals surface area contributed by atoms with E-state index >= 15 is 0 Å². The zero-order valence-corrected chi connectivity index (χ0v) is 18.1. The van der Waals surface area contributed by atoms with Crippen molar-refractivity contribution in [3.05, 3.63) is 58.6 Å². The van der Waals surface area contributed by atoms with Gasteiger partial charge < -0.3 is 14.7 Å². The van der Waals surface area contributed by atoms with Crippen LogP contribution < -0.4 is 11.0 Å². The molecule has 3 rings (SSSR count). The number of fused-ring (bicyclic) bond motifs is 1. The highest BCUT2D eigenvalue weighted by molar-refractivity contribution is 7.92. The Morgan fingerprint density at radius 1 is 1.23 bits per heavy atom. The van der Waals surface area contributed by atoms with Gasteiger partial charge in [0.25, 0.3) is 11.5 Å². The molecule has 1 unspecified atom stereocenters. The second-order valence-corrected chi connectivity index (χ2v) is 10.1. The standard InChI is InChI=1S/C21H25N3O6S/c1-21(20(27)23-28,31(2,29)30)7-9-24-8-5-15(12-19(24)26)14-3-4-18-17(11-14)16(6-10-25)13-22-18/h3-5,8,11-13,22,25,28H,6-7,9-10H2,1-2H3,(H,23,27). The van der Waals surface area contributed by atoms with Crippen LogP contribution in [0.3, 0.4) is 0 Å². The maximum absolute atomic E-state index is 12.6. The fourth-order valence-corrected chi connectivity index (χ4v) is 4.32. The first-order valence-corrected chi connectivity index (χ1v) is 11.6. The van der Waals surface area contributed by atoms with E-state index in [0.29, 0.717) is 12.0 Å². The van der Waals surface area contributed by atoms with E-state index in [0.717, 1.165) is 28.3 Å². The SMILES string of the molecule is CC(CCn1ccc(-c2ccc3[nH]cc(CCO)c3c2)cc1=O)(C(=O)NO)S(C)(=O)=O. The molecule has 3 aromatic rings. The van der Waals surface area contributed by atoms with Crippen LogP contribution in [0.2, 0.25) is 0 Å². The number of H-pyrrole nitrogens is 1. The van der Waals surface area contributed by atoms with Gasteiger partial charge in [-0.1, -0.05) is 6.07 Å². The largest absolute Gasteiger partial charge is 0.396 e. The summed E-state index contributed by atoms with van der Waals surface area (Å²) in [6, 6.07) is 8.92. The Morgan fingerprint density at radius 2 is 1.94 bits per heavy atom. The van der Waals surface area contributed by atoms with Crippen LogP contribution in [-0.2, 0) is 27.6 Å². The minimum absolute atomic E-state index is 0.0202. The molecule has 0 spiro atoms. The molecule has 0 saturated heterocycles. The summed E-state index contributed by atoms with van der Waals surface area (Å²) in [4.78, 5) is 27.7. The molecule has 0 bridgehead atoms. The van der Waals surface area contributed by atoms with Gasteiger partial charge in [0.2, 0.25) is 0 Å². The molecular weight excluding hydrogens is 422 g/mol. The number of hydroxylamine groups is 1. The van der Waals surface area contributed by atoms with Crippen molar-refractivity contribution < 1.29 is 23.5 Å². The number of aromatic nitrogens is 2. The monoisotopic (exact) mass is 447 g/mol. The fraction of sp³-hybridized carbons (Fsp3) is 0.333. The fourth-order valence-electron chi connectivity index (χ4n) is 3.48. The highest BCUT2D eigenvalue weighted by atomic mass is 32.2. The zero-order chi connectivity index (χ0) is 22.8. The summed E-state index contributed by atoms with van der Waals surface area (Å²) in [6.45, 7) is 1.23. The Balaban J connectivity index is 1.88. The lowest BCUT2D eigenvalue weighted by atomic mass is 10.0. The quantitative estimate of drug-likeness (QED) is 0.302. The van der Waals surface area contributed by atoms with E-state index in [1.807, 2.05) is 24.4 Å². The summed E-state index contributed by atoms with van der Waals surface area (Å²) >= 11 is 0. The second-order valence-electron chi connectivity index (χ2n) is 7.69. The lowest BCUT2D eigenvalue weighted by molar-refractivity contribution is -0.131. The van der Waals surface area contributed by atoms with Crippen LogP contribution >= 0.6 is 0 Å². The third kappa shape index (κ3) is 4.41. The van der Waals surface area contributed by atoms with Crippen molar-refractivity contribution in [1.82, 2.24) is 15.0 Å². The number of rotatable bonds is 8. The average molecular weight is 448 g/mol. The molecule has 2 heterocycles. The predicted octanol–water partition coefficient (Wildman–Crippen LogP) is 1.23. The Morgan fingerprint density at radius 3 is 2.55 bits per heavy atom. The number of aryl methyl sites for hydroxylation is 1. The Bertz CT molecular complexity index is 1280. The third-order valence-electron chi connectivity index (χ3n) is 5.71. The van der Waals surface area contributed by atoms with E-state index < -0.39 is 20.5 Å². The van der Waals surface area contributed by atoms with Crippen molar-refractivity contribution >= 4 is 26.6 Å². The van der Waals surface area contributed by atoms with Crippen molar-refractivity contribution in [2.75, 3.05) is 12.9 Å². The number of hydrogen-bond donors (Lipinski definition) is 4. The average Bonchev–Trinajstić information content (AvgIpc) is 3.13. The highest BCUT2D eigenvalue weighted by Gasteiger charge is 2.43. The summed E-state index contributed by atoms with van der Waals surface area (Å²) < 4.78 is 23.6. The van der Waals surface area contributed by atoms with Gasteiger partial charge in [-0.05, 0) is 54.7 Å². The van der Waals surface area contributed by atoms with Gasteiger partial charge in [-0.2, -0.15) is 0 Å². The number of aliphatic hydroxyl groups is 1. The van der Waals surface area contributed by atoms with E-state index in [2.05, 4.69) is 4.98 Å². The van der Waals surface area contributed by atoms with E-state index in [9.17, 15) is 23.1 Å². The molecule has 0 saturated carbocycles. The van der Waals surface area contributed by atoms with Crippen molar-refractivity contribution in [2.45, 2.75) is 31.1 Å². The molecule has 0 fully saturated rings. The van der Waals surface area contributed by atoms with Gasteiger partial charge in [0.15, 0.2) is 14.6 Å². The number of nitrogens with zero attached hydrogens (tertiary/aromatic N) is 1. The summed E-state index contributed by atoms with van der Waals surface area (Å²) in [5.41, 5.74) is 4.49. The van der Waals surface area contributed by atoms with Crippen molar-refractivity contribution in [1.29, 1.82) is 0 Å². The molecule has 1 atom stereocenters. The lowest BCUT2D eigenvalue weighted by Crippen LogP contribution is -2.49. The minimum Gasteiger partial charge on any atom is -0.396 e. The number of pyridine rings is 1. The van der Waals surface area contributed by atoms with E-state index in [-0.39, 0.29) is 25.1 Å². The van der Waals surface area contributed by atoms with E-state index in [1.54, 1.807) is 12.3 Å². The summed E-state index contributed by atoms with van der Waals surface area (Å²) in [5.74, 6) is -1.04. The zero-order valence-electron chi connectivity index (χ0n) is 17.3. The first kappa shape index (κ1) is 22.7. The van der Waals surface area contributed by atoms with Gasteiger partial charge >= 0.3 is 0 Å². The molecule has 9 nitrogen and oxygen atoms in total. The second kappa shape index (κ2) is 8.66. The van der Waals surface area contributed by atoms with Crippen LogP contribution in [0.5, 0.6) is 0 Å². The number of sulfone groups is 1. The molecule has 10 heteroatoms. The van der Waals surface area contributed by atoms with Gasteiger partial charge in [0.05, 0.1) is 0 Å². The molecule has 0 aliphatic rings. The molecule has 0 aliphatic carbocycles. The molecule has 2 aromatic heterocycles. The Hall–Kier alpha value is -2.95. The predicted molar refractivity (Wildman–Crippen MR) is 117 cm³/mol. The normalized spacial score (nSPS) is 13.8. The van der Waals surface area contributed by atoms with Crippen LogP contribution in [0, 0.1) is 0 Å². The van der Waals surface area contributed by atoms with Gasteiger partial charge in [0.1, 0.15) is 0 Å². The maximum Gasteiger partial charge on any atom is 0.264 e. The molecule has 0 aliphatic heterocycles. The summed E-state index contributed by atoms with van der Waals surface area (Å²) in [7, 11) is -3.84. The Labute approximate surface area is 179 Å². The van der Waals surface area contributed by atoms with Crippen molar-refractivity contribution in [3.8, 4) is 11.1 Å².